The Morgan fingerprint density at radius 3 is 2.14 bits per heavy atom. The van der Waals surface area contributed by atoms with Crippen LogP contribution in [0.25, 0.3) is 11.1 Å². The molecular weight excluding hydrogens is 464 g/mol. The largest absolute Gasteiger partial charge is 0.479 e. The van der Waals surface area contributed by atoms with Gasteiger partial charge in [0.1, 0.15) is 12.6 Å². The summed E-state index contributed by atoms with van der Waals surface area (Å²) in [5, 5.41) is 16.6. The molecule has 4 rings (SSSR count). The van der Waals surface area contributed by atoms with Gasteiger partial charge in [0.25, 0.3) is 0 Å². The van der Waals surface area contributed by atoms with E-state index in [4.69, 9.17) is 4.74 Å². The molecule has 0 bridgehead atoms. The quantitative estimate of drug-likeness (QED) is 0.392. The second-order valence-electron chi connectivity index (χ2n) is 8.63. The molecule has 3 atom stereocenters. The number of ether oxygens (including phenoxy) is 1. The molecule has 1 aromatic heterocycles. The number of thiophene rings is 1. The monoisotopic (exact) mass is 492 g/mol. The van der Waals surface area contributed by atoms with Crippen LogP contribution in [-0.2, 0) is 14.3 Å². The summed E-state index contributed by atoms with van der Waals surface area (Å²) in [5.74, 6) is -2.05. The van der Waals surface area contributed by atoms with Crippen molar-refractivity contribution in [3.8, 4) is 11.1 Å². The Morgan fingerprint density at radius 1 is 0.971 bits per heavy atom. The van der Waals surface area contributed by atoms with Gasteiger partial charge in [-0.1, -0.05) is 74.9 Å². The van der Waals surface area contributed by atoms with Crippen molar-refractivity contribution in [3.05, 3.63) is 82.0 Å². The predicted octanol–water partition coefficient (Wildman–Crippen LogP) is 4.94. The fourth-order valence-electron chi connectivity index (χ4n) is 4.41. The van der Waals surface area contributed by atoms with Crippen molar-refractivity contribution in [3.63, 3.8) is 0 Å². The molecule has 0 saturated heterocycles. The van der Waals surface area contributed by atoms with Crippen LogP contribution in [-0.4, -0.2) is 35.7 Å². The minimum atomic E-state index is -1.18. The van der Waals surface area contributed by atoms with Gasteiger partial charge in [-0.25, -0.2) is 9.59 Å². The zero-order valence-corrected chi connectivity index (χ0v) is 20.4. The van der Waals surface area contributed by atoms with Gasteiger partial charge in [0.2, 0.25) is 5.91 Å². The molecule has 0 fully saturated rings. The van der Waals surface area contributed by atoms with Crippen LogP contribution >= 0.6 is 11.3 Å². The number of alkyl carbamates (subject to hydrolysis) is 1. The van der Waals surface area contributed by atoms with Crippen molar-refractivity contribution < 1.29 is 24.2 Å². The maximum atomic E-state index is 13.0. The van der Waals surface area contributed by atoms with Crippen LogP contribution < -0.4 is 10.6 Å². The number of amides is 2. The Kier molecular flexibility index (Phi) is 7.51. The van der Waals surface area contributed by atoms with Crippen LogP contribution in [0.1, 0.15) is 48.2 Å². The van der Waals surface area contributed by atoms with Crippen LogP contribution in [0.15, 0.2) is 66.0 Å². The molecule has 2 amide bonds. The number of fused-ring (bicyclic) bond motifs is 3. The van der Waals surface area contributed by atoms with E-state index in [0.29, 0.717) is 11.3 Å². The van der Waals surface area contributed by atoms with Gasteiger partial charge < -0.3 is 20.5 Å². The first-order valence-electron chi connectivity index (χ1n) is 11.6. The molecule has 7 nitrogen and oxygen atoms in total. The molecule has 1 heterocycles. The van der Waals surface area contributed by atoms with Gasteiger partial charge in [0.05, 0.1) is 0 Å². The Hall–Kier alpha value is -3.65. The van der Waals surface area contributed by atoms with Gasteiger partial charge in [0.15, 0.2) is 6.04 Å². The fourth-order valence-corrected chi connectivity index (χ4v) is 5.18. The first-order valence-corrected chi connectivity index (χ1v) is 12.5. The summed E-state index contributed by atoms with van der Waals surface area (Å²) in [7, 11) is 0. The summed E-state index contributed by atoms with van der Waals surface area (Å²) in [6.07, 6.45) is -0.103. The Bertz CT molecular complexity index is 1160. The highest BCUT2D eigenvalue weighted by Crippen LogP contribution is 2.44. The lowest BCUT2D eigenvalue weighted by Gasteiger charge is -2.25. The Balaban J connectivity index is 1.44. The third-order valence-electron chi connectivity index (χ3n) is 6.47. The van der Waals surface area contributed by atoms with E-state index in [1.807, 2.05) is 50.2 Å². The number of benzene rings is 2. The van der Waals surface area contributed by atoms with E-state index in [-0.39, 0.29) is 18.4 Å². The van der Waals surface area contributed by atoms with Crippen LogP contribution in [0, 0.1) is 5.92 Å². The molecule has 2 aromatic carbocycles. The van der Waals surface area contributed by atoms with Crippen LogP contribution in [0.5, 0.6) is 0 Å². The molecule has 0 saturated carbocycles. The van der Waals surface area contributed by atoms with Crippen molar-refractivity contribution in [2.24, 2.45) is 5.92 Å². The minimum absolute atomic E-state index is 0.0979. The van der Waals surface area contributed by atoms with Crippen LogP contribution in [0.2, 0.25) is 0 Å². The standard InChI is InChI=1S/C27H28N2O5S/c1-3-16(2)23(25(30)28-24(26(31)32)22-13-8-14-35-22)29-27(33)34-15-21-19-11-6-4-9-17(19)18-10-5-7-12-20(18)21/h4-14,16,21,23-24H,3,15H2,1-2H3,(H,28,30)(H,29,33)(H,31,32)/t16?,23-,24?/m0/s1. The molecule has 1 aliphatic carbocycles. The number of nitrogens with one attached hydrogen (secondary N) is 2. The van der Waals surface area contributed by atoms with E-state index < -0.39 is 30.1 Å². The van der Waals surface area contributed by atoms with E-state index in [0.717, 1.165) is 22.3 Å². The number of carboxylic acids is 1. The molecule has 35 heavy (non-hydrogen) atoms. The smallest absolute Gasteiger partial charge is 0.407 e. The van der Waals surface area contributed by atoms with E-state index in [2.05, 4.69) is 22.8 Å². The third-order valence-corrected chi connectivity index (χ3v) is 7.41. The molecule has 2 unspecified atom stereocenters. The van der Waals surface area contributed by atoms with E-state index in [9.17, 15) is 19.5 Å². The highest BCUT2D eigenvalue weighted by molar-refractivity contribution is 7.10. The average molecular weight is 493 g/mol. The Labute approximate surface area is 208 Å². The second kappa shape index (κ2) is 10.7. The van der Waals surface area contributed by atoms with Gasteiger partial charge in [-0.05, 0) is 39.6 Å². The lowest BCUT2D eigenvalue weighted by molar-refractivity contribution is -0.142. The predicted molar refractivity (Wildman–Crippen MR) is 134 cm³/mol. The molecular formula is C27H28N2O5S. The van der Waals surface area contributed by atoms with Gasteiger partial charge in [-0.3, -0.25) is 4.79 Å². The molecule has 0 aliphatic heterocycles. The number of hydrogen-bond donors (Lipinski definition) is 3. The zero-order valence-electron chi connectivity index (χ0n) is 19.6. The van der Waals surface area contributed by atoms with Gasteiger partial charge >= 0.3 is 12.1 Å². The molecule has 182 valence electrons. The van der Waals surface area contributed by atoms with Crippen molar-refractivity contribution in [1.29, 1.82) is 0 Å². The van der Waals surface area contributed by atoms with Gasteiger partial charge in [0, 0.05) is 10.8 Å². The van der Waals surface area contributed by atoms with Crippen LogP contribution in [0.4, 0.5) is 4.79 Å². The summed E-state index contributed by atoms with van der Waals surface area (Å²) in [6.45, 7) is 3.86. The number of aliphatic carboxylic acids is 1. The lowest BCUT2D eigenvalue weighted by atomic mass is 9.98. The van der Waals surface area contributed by atoms with Gasteiger partial charge in [-0.2, -0.15) is 0 Å². The zero-order chi connectivity index (χ0) is 24.9. The van der Waals surface area contributed by atoms with Crippen LogP contribution in [0.3, 0.4) is 0 Å². The maximum absolute atomic E-state index is 13.0. The number of rotatable bonds is 9. The SMILES string of the molecule is CCC(C)[C@H](NC(=O)OCC1c2ccccc2-c2ccccc21)C(=O)NC(C(=O)O)c1cccs1. The molecule has 0 radical (unpaired) electrons. The lowest BCUT2D eigenvalue weighted by Crippen LogP contribution is -2.52. The summed E-state index contributed by atoms with van der Waals surface area (Å²) in [6, 6.07) is 17.4. The fraction of sp³-hybridized carbons (Fsp3) is 0.296. The summed E-state index contributed by atoms with van der Waals surface area (Å²) in [5.41, 5.74) is 4.44. The normalized spacial score (nSPS) is 14.8. The molecule has 3 aromatic rings. The first-order chi connectivity index (χ1) is 16.9. The second-order valence-corrected chi connectivity index (χ2v) is 9.61. The van der Waals surface area contributed by atoms with Crippen molar-refractivity contribution in [1.82, 2.24) is 10.6 Å². The summed E-state index contributed by atoms with van der Waals surface area (Å²) in [4.78, 5) is 38.1. The maximum Gasteiger partial charge on any atom is 0.407 e. The van der Waals surface area contributed by atoms with Crippen molar-refractivity contribution >= 4 is 29.3 Å². The average Bonchev–Trinajstić information content (AvgIpc) is 3.50. The highest BCUT2D eigenvalue weighted by atomic mass is 32.1. The Morgan fingerprint density at radius 2 is 1.60 bits per heavy atom. The van der Waals surface area contributed by atoms with E-state index >= 15 is 0 Å². The minimum Gasteiger partial charge on any atom is -0.479 e. The first kappa shape index (κ1) is 24.5. The highest BCUT2D eigenvalue weighted by Gasteiger charge is 2.33. The number of carboxylic acid groups (broad SMARTS) is 1. The molecule has 0 spiro atoms. The molecule has 1 aliphatic rings. The molecule has 3 N–H and O–H groups in total. The molecule has 8 heteroatoms. The van der Waals surface area contributed by atoms with Gasteiger partial charge in [-0.15, -0.1) is 11.3 Å². The number of carbonyl (C=O) groups is 3. The number of hydrogen-bond acceptors (Lipinski definition) is 5. The van der Waals surface area contributed by atoms with Crippen molar-refractivity contribution in [2.45, 2.75) is 38.3 Å². The van der Waals surface area contributed by atoms with E-state index in [1.54, 1.807) is 17.5 Å². The van der Waals surface area contributed by atoms with E-state index in [1.165, 1.54) is 11.3 Å². The number of carbonyl (C=O) groups excluding carboxylic acids is 2. The van der Waals surface area contributed by atoms with Crippen molar-refractivity contribution in [2.75, 3.05) is 6.61 Å². The summed E-state index contributed by atoms with van der Waals surface area (Å²) >= 11 is 1.24. The third kappa shape index (κ3) is 5.22. The summed E-state index contributed by atoms with van der Waals surface area (Å²) < 4.78 is 5.60. The topological polar surface area (TPSA) is 105 Å².